The molecule has 19 heavy (non-hydrogen) atoms. The molecular formula is C15H19BrN2O. The van der Waals surface area contributed by atoms with Crippen molar-refractivity contribution in [2.45, 2.75) is 19.4 Å². The Bertz CT molecular complexity index is 465. The lowest BCUT2D eigenvalue weighted by molar-refractivity contribution is -0.134. The molecule has 0 N–H and O–H groups in total. The first-order valence-corrected chi connectivity index (χ1v) is 7.78. The molecule has 0 atom stereocenters. The van der Waals surface area contributed by atoms with E-state index in [0.29, 0.717) is 11.8 Å². The van der Waals surface area contributed by atoms with Crippen LogP contribution in [0, 0.1) is 5.92 Å². The van der Waals surface area contributed by atoms with Crippen LogP contribution in [0.4, 0.5) is 0 Å². The van der Waals surface area contributed by atoms with E-state index < -0.39 is 0 Å². The lowest BCUT2D eigenvalue weighted by Gasteiger charge is -2.35. The Hall–Kier alpha value is -0.870. The molecule has 102 valence electrons. The molecule has 3 nitrogen and oxygen atoms in total. The summed E-state index contributed by atoms with van der Waals surface area (Å²) in [6.45, 7) is 4.71. The summed E-state index contributed by atoms with van der Waals surface area (Å²) in [5.41, 5.74) is 1.32. The van der Waals surface area contributed by atoms with Crippen molar-refractivity contribution in [2.24, 2.45) is 5.92 Å². The van der Waals surface area contributed by atoms with Gasteiger partial charge in [-0.3, -0.25) is 9.69 Å². The quantitative estimate of drug-likeness (QED) is 0.853. The normalized spacial score (nSPS) is 20.6. The lowest BCUT2D eigenvalue weighted by Crippen LogP contribution is -2.48. The van der Waals surface area contributed by atoms with Gasteiger partial charge >= 0.3 is 0 Å². The lowest BCUT2D eigenvalue weighted by atomic mass is 10.2. The van der Waals surface area contributed by atoms with Gasteiger partial charge in [-0.25, -0.2) is 0 Å². The van der Waals surface area contributed by atoms with Crippen molar-refractivity contribution >= 4 is 21.8 Å². The standard InChI is InChI=1S/C15H19BrN2O/c16-14-4-2-1-3-13(14)11-17-7-9-18(10-8-17)15(19)12-5-6-12/h1-4,12H,5-11H2. The van der Waals surface area contributed by atoms with Crippen molar-refractivity contribution in [3.05, 3.63) is 34.3 Å². The van der Waals surface area contributed by atoms with Crippen molar-refractivity contribution < 1.29 is 4.79 Å². The number of hydrogen-bond donors (Lipinski definition) is 0. The van der Waals surface area contributed by atoms with Crippen molar-refractivity contribution in [1.82, 2.24) is 9.80 Å². The molecule has 1 aromatic rings. The summed E-state index contributed by atoms with van der Waals surface area (Å²) in [7, 11) is 0. The van der Waals surface area contributed by atoms with Crippen molar-refractivity contribution in [1.29, 1.82) is 0 Å². The van der Waals surface area contributed by atoms with E-state index in [1.54, 1.807) is 0 Å². The SMILES string of the molecule is O=C(C1CC1)N1CCN(Cc2ccccc2Br)CC1. The fourth-order valence-corrected chi connectivity index (χ4v) is 2.99. The molecule has 0 aromatic heterocycles. The van der Waals surface area contributed by atoms with E-state index in [1.807, 2.05) is 11.0 Å². The zero-order valence-electron chi connectivity index (χ0n) is 11.0. The van der Waals surface area contributed by atoms with E-state index in [1.165, 1.54) is 10.0 Å². The van der Waals surface area contributed by atoms with Crippen molar-refractivity contribution in [3.8, 4) is 0 Å². The molecule has 1 aliphatic carbocycles. The second-order valence-corrected chi connectivity index (χ2v) is 6.32. The minimum Gasteiger partial charge on any atom is -0.340 e. The maximum atomic E-state index is 12.0. The Labute approximate surface area is 122 Å². The fourth-order valence-electron chi connectivity index (χ4n) is 2.58. The molecule has 2 fully saturated rings. The van der Waals surface area contributed by atoms with Crippen molar-refractivity contribution in [2.75, 3.05) is 26.2 Å². The van der Waals surface area contributed by atoms with Gasteiger partial charge in [-0.1, -0.05) is 34.1 Å². The number of nitrogens with zero attached hydrogens (tertiary/aromatic N) is 2. The van der Waals surface area contributed by atoms with Crippen LogP contribution in [-0.4, -0.2) is 41.9 Å². The number of piperazine rings is 1. The summed E-state index contributed by atoms with van der Waals surface area (Å²) >= 11 is 3.59. The predicted molar refractivity (Wildman–Crippen MR) is 78.7 cm³/mol. The Balaban J connectivity index is 1.53. The summed E-state index contributed by atoms with van der Waals surface area (Å²) in [5, 5.41) is 0. The average molecular weight is 323 g/mol. The minimum absolute atomic E-state index is 0.356. The highest BCUT2D eigenvalue weighted by Crippen LogP contribution is 2.31. The van der Waals surface area contributed by atoms with E-state index in [-0.39, 0.29) is 0 Å². The Morgan fingerprint density at radius 3 is 2.47 bits per heavy atom. The largest absolute Gasteiger partial charge is 0.340 e. The fraction of sp³-hybridized carbons (Fsp3) is 0.533. The predicted octanol–water partition coefficient (Wildman–Crippen LogP) is 2.50. The molecule has 4 heteroatoms. The first kappa shape index (κ1) is 13.1. The summed E-state index contributed by atoms with van der Waals surface area (Å²) in [4.78, 5) is 16.5. The van der Waals surface area contributed by atoms with Gasteiger partial charge in [0.05, 0.1) is 0 Å². The highest BCUT2D eigenvalue weighted by Gasteiger charge is 2.34. The van der Waals surface area contributed by atoms with Crippen LogP contribution in [0.1, 0.15) is 18.4 Å². The second kappa shape index (κ2) is 5.63. The van der Waals surface area contributed by atoms with Gasteiger partial charge in [0.1, 0.15) is 0 Å². The molecule has 1 aliphatic heterocycles. The van der Waals surface area contributed by atoms with E-state index in [2.05, 4.69) is 39.0 Å². The highest BCUT2D eigenvalue weighted by atomic mass is 79.9. The van der Waals surface area contributed by atoms with Crippen LogP contribution in [0.5, 0.6) is 0 Å². The van der Waals surface area contributed by atoms with Crippen LogP contribution in [0.15, 0.2) is 28.7 Å². The topological polar surface area (TPSA) is 23.6 Å². The zero-order chi connectivity index (χ0) is 13.2. The third-order valence-electron chi connectivity index (χ3n) is 3.96. The van der Waals surface area contributed by atoms with Crippen LogP contribution in [0.3, 0.4) is 0 Å². The molecule has 0 bridgehead atoms. The van der Waals surface area contributed by atoms with Crippen molar-refractivity contribution in [3.63, 3.8) is 0 Å². The van der Waals surface area contributed by atoms with Gasteiger partial charge < -0.3 is 4.90 Å². The molecule has 1 saturated heterocycles. The minimum atomic E-state index is 0.356. The number of benzene rings is 1. The van der Waals surface area contributed by atoms with Crippen LogP contribution in [0.2, 0.25) is 0 Å². The van der Waals surface area contributed by atoms with E-state index in [0.717, 1.165) is 45.6 Å². The molecular weight excluding hydrogens is 304 g/mol. The number of amides is 1. The molecule has 3 rings (SSSR count). The Kier molecular flexibility index (Phi) is 3.89. The summed E-state index contributed by atoms with van der Waals surface area (Å²) in [6, 6.07) is 8.36. The van der Waals surface area contributed by atoms with Gasteiger partial charge in [0.25, 0.3) is 0 Å². The van der Waals surface area contributed by atoms with Gasteiger partial charge in [0.15, 0.2) is 0 Å². The number of halogens is 1. The van der Waals surface area contributed by atoms with Gasteiger partial charge in [0, 0.05) is 43.1 Å². The number of carbonyl (C=O) groups excluding carboxylic acids is 1. The Morgan fingerprint density at radius 1 is 1.16 bits per heavy atom. The molecule has 1 aromatic carbocycles. The number of carbonyl (C=O) groups is 1. The van der Waals surface area contributed by atoms with Gasteiger partial charge in [-0.15, -0.1) is 0 Å². The maximum Gasteiger partial charge on any atom is 0.225 e. The number of rotatable bonds is 3. The molecule has 0 spiro atoms. The highest BCUT2D eigenvalue weighted by molar-refractivity contribution is 9.10. The van der Waals surface area contributed by atoms with Crippen LogP contribution < -0.4 is 0 Å². The van der Waals surface area contributed by atoms with Gasteiger partial charge in [0.2, 0.25) is 5.91 Å². The van der Waals surface area contributed by atoms with Crippen LogP contribution in [-0.2, 0) is 11.3 Å². The third kappa shape index (κ3) is 3.18. The van der Waals surface area contributed by atoms with Crippen LogP contribution in [0.25, 0.3) is 0 Å². The zero-order valence-corrected chi connectivity index (χ0v) is 12.6. The molecule has 1 heterocycles. The summed E-state index contributed by atoms with van der Waals surface area (Å²) < 4.78 is 1.17. The smallest absolute Gasteiger partial charge is 0.225 e. The van der Waals surface area contributed by atoms with E-state index >= 15 is 0 Å². The van der Waals surface area contributed by atoms with Gasteiger partial charge in [-0.05, 0) is 24.5 Å². The first-order chi connectivity index (χ1) is 9.24. The molecule has 0 radical (unpaired) electrons. The number of hydrogen-bond acceptors (Lipinski definition) is 2. The second-order valence-electron chi connectivity index (χ2n) is 5.47. The third-order valence-corrected chi connectivity index (χ3v) is 4.74. The maximum absolute atomic E-state index is 12.0. The average Bonchev–Trinajstić information content (AvgIpc) is 3.26. The molecule has 2 aliphatic rings. The van der Waals surface area contributed by atoms with E-state index in [4.69, 9.17) is 0 Å². The summed E-state index contributed by atoms with van der Waals surface area (Å²) in [6.07, 6.45) is 2.21. The molecule has 0 unspecified atom stereocenters. The summed E-state index contributed by atoms with van der Waals surface area (Å²) in [5.74, 6) is 0.746. The van der Waals surface area contributed by atoms with Gasteiger partial charge in [-0.2, -0.15) is 0 Å². The molecule has 1 saturated carbocycles. The van der Waals surface area contributed by atoms with Crippen LogP contribution >= 0.6 is 15.9 Å². The van der Waals surface area contributed by atoms with E-state index in [9.17, 15) is 4.79 Å². The monoisotopic (exact) mass is 322 g/mol. The Morgan fingerprint density at radius 2 is 1.84 bits per heavy atom. The molecule has 1 amide bonds. The first-order valence-electron chi connectivity index (χ1n) is 6.98.